The van der Waals surface area contributed by atoms with Crippen molar-refractivity contribution in [2.24, 2.45) is 0 Å². The summed E-state index contributed by atoms with van der Waals surface area (Å²) in [6.45, 7) is 14.4. The monoisotopic (exact) mass is 584 g/mol. The van der Waals surface area contributed by atoms with E-state index in [2.05, 4.69) is 66.8 Å². The van der Waals surface area contributed by atoms with Crippen molar-refractivity contribution >= 4 is 28.9 Å². The third-order valence-corrected chi connectivity index (χ3v) is 7.31. The van der Waals surface area contributed by atoms with Crippen LogP contribution in [0.15, 0.2) is 55.0 Å². The molecule has 5 rings (SSSR count). The van der Waals surface area contributed by atoms with Crippen LogP contribution < -0.4 is 16.1 Å². The van der Waals surface area contributed by atoms with Gasteiger partial charge in [-0.2, -0.15) is 9.78 Å². The molecule has 3 aromatic heterocycles. The third-order valence-electron chi connectivity index (χ3n) is 7.31. The van der Waals surface area contributed by atoms with Gasteiger partial charge in [-0.25, -0.2) is 15.0 Å². The highest BCUT2D eigenvalue weighted by Gasteiger charge is 2.19. The maximum absolute atomic E-state index is 13.2. The molecule has 4 heterocycles. The lowest BCUT2D eigenvalue weighted by atomic mass is 9.91. The molecule has 0 spiro atoms. The summed E-state index contributed by atoms with van der Waals surface area (Å²) >= 11 is 0. The van der Waals surface area contributed by atoms with Crippen LogP contribution in [-0.2, 0) is 5.41 Å². The Labute approximate surface area is 252 Å². The van der Waals surface area contributed by atoms with Crippen LogP contribution in [0, 0.1) is 13.8 Å². The van der Waals surface area contributed by atoms with Crippen LogP contribution in [0.3, 0.4) is 0 Å². The second kappa shape index (κ2) is 12.9. The summed E-state index contributed by atoms with van der Waals surface area (Å²) in [6, 6.07) is 13.1. The van der Waals surface area contributed by atoms with Crippen molar-refractivity contribution in [1.82, 2.24) is 34.6 Å². The second-order valence-corrected chi connectivity index (χ2v) is 11.8. The summed E-state index contributed by atoms with van der Waals surface area (Å²) in [5.41, 5.74) is 7.96. The van der Waals surface area contributed by atoms with Crippen LogP contribution in [0.4, 0.5) is 23.0 Å². The number of amides is 1. The fraction of sp³-hybridized carbons (Fsp3) is 0.387. The Kier molecular flexibility index (Phi) is 9.00. The maximum Gasteiger partial charge on any atom is 0.255 e. The van der Waals surface area contributed by atoms with Crippen molar-refractivity contribution in [2.45, 2.75) is 40.0 Å². The average Bonchev–Trinajstić information content (AvgIpc) is 3.35. The molecular weight excluding hydrogens is 544 g/mol. The largest absolute Gasteiger partial charge is 0.395 e. The lowest BCUT2D eigenvalue weighted by molar-refractivity contribution is 0.102. The van der Waals surface area contributed by atoms with E-state index in [-0.39, 0.29) is 17.9 Å². The second-order valence-electron chi connectivity index (χ2n) is 11.8. The minimum Gasteiger partial charge on any atom is -0.395 e. The highest BCUT2D eigenvalue weighted by molar-refractivity contribution is 6.05. The van der Waals surface area contributed by atoms with Crippen molar-refractivity contribution in [2.75, 3.05) is 55.4 Å². The lowest BCUT2D eigenvalue weighted by Gasteiger charge is -2.34. The first-order chi connectivity index (χ1) is 20.6. The molecule has 4 aromatic rings. The van der Waals surface area contributed by atoms with Gasteiger partial charge in [-0.05, 0) is 43.7 Å². The fourth-order valence-electron chi connectivity index (χ4n) is 4.83. The number of aryl methyl sites for hydroxylation is 2. The molecule has 1 saturated heterocycles. The van der Waals surface area contributed by atoms with Gasteiger partial charge in [-0.3, -0.25) is 14.7 Å². The number of anilines is 4. The van der Waals surface area contributed by atoms with Gasteiger partial charge in [0.25, 0.3) is 5.91 Å². The van der Waals surface area contributed by atoms with Crippen LogP contribution in [0.1, 0.15) is 48.1 Å². The standard InChI is InChI=1S/C31H40N10O2/c1-21-6-7-23(30(43)35-24-8-9-32-26(18-24)31(3,4)5)17-25(21)36-29-16-22(2)37-41(29)28-19-27(33-20-34-28)38-40-12-10-39(11-13-40)14-15-42/h6-9,16-20,36,42H,10-15H2,1-5H3,(H,32,35,43)(H,33,34,38). The molecule has 0 bridgehead atoms. The predicted molar refractivity (Wildman–Crippen MR) is 168 cm³/mol. The van der Waals surface area contributed by atoms with E-state index in [0.717, 1.165) is 48.8 Å². The number of pyridine rings is 1. The number of benzene rings is 1. The Morgan fingerprint density at radius 3 is 2.51 bits per heavy atom. The summed E-state index contributed by atoms with van der Waals surface area (Å²) in [5.74, 6) is 1.78. The normalized spacial score (nSPS) is 14.5. The van der Waals surface area contributed by atoms with Gasteiger partial charge in [0, 0.05) is 79.1 Å². The number of aromatic nitrogens is 5. The molecule has 1 aliphatic rings. The van der Waals surface area contributed by atoms with Crippen molar-refractivity contribution < 1.29 is 9.90 Å². The minimum atomic E-state index is -0.206. The predicted octanol–water partition coefficient (Wildman–Crippen LogP) is 3.90. The van der Waals surface area contributed by atoms with Gasteiger partial charge in [-0.1, -0.05) is 26.8 Å². The molecular formula is C31H40N10O2. The topological polar surface area (TPSA) is 136 Å². The van der Waals surface area contributed by atoms with Gasteiger partial charge < -0.3 is 21.2 Å². The highest BCUT2D eigenvalue weighted by atomic mass is 16.3. The van der Waals surface area contributed by atoms with Gasteiger partial charge in [0.1, 0.15) is 18.0 Å². The van der Waals surface area contributed by atoms with Crippen molar-refractivity contribution in [3.05, 3.63) is 77.5 Å². The number of carbonyl (C=O) groups is 1. The van der Waals surface area contributed by atoms with E-state index in [1.807, 2.05) is 50.2 Å². The van der Waals surface area contributed by atoms with Crippen LogP contribution in [0.5, 0.6) is 0 Å². The first kappa shape index (κ1) is 30.1. The highest BCUT2D eigenvalue weighted by Crippen LogP contribution is 2.26. The molecule has 12 heteroatoms. The Morgan fingerprint density at radius 2 is 1.77 bits per heavy atom. The molecule has 0 aliphatic carbocycles. The minimum absolute atomic E-state index is 0.126. The number of hydrogen-bond donors (Lipinski definition) is 4. The van der Waals surface area contributed by atoms with Gasteiger partial charge in [0.2, 0.25) is 0 Å². The van der Waals surface area contributed by atoms with E-state index in [1.54, 1.807) is 16.9 Å². The Hall–Kier alpha value is -4.39. The number of β-amino-alcohol motifs (C(OH)–C–C–N with tert-alkyl or cyclic N) is 1. The van der Waals surface area contributed by atoms with Gasteiger partial charge in [0.05, 0.1) is 12.3 Å². The number of aliphatic hydroxyl groups is 1. The van der Waals surface area contributed by atoms with E-state index >= 15 is 0 Å². The number of carbonyl (C=O) groups excluding carboxylic acids is 1. The van der Waals surface area contributed by atoms with Gasteiger partial charge in [-0.15, -0.1) is 0 Å². The number of aliphatic hydroxyl groups excluding tert-OH is 1. The quantitative estimate of drug-likeness (QED) is 0.229. The molecule has 226 valence electrons. The molecule has 0 saturated carbocycles. The Balaban J connectivity index is 1.32. The summed E-state index contributed by atoms with van der Waals surface area (Å²) in [6.07, 6.45) is 3.23. The molecule has 0 unspecified atom stereocenters. The van der Waals surface area contributed by atoms with Crippen LogP contribution in [0.2, 0.25) is 0 Å². The summed E-state index contributed by atoms with van der Waals surface area (Å²) in [4.78, 5) is 28.8. The number of hydrazine groups is 1. The van der Waals surface area contributed by atoms with Gasteiger partial charge >= 0.3 is 0 Å². The molecule has 12 nitrogen and oxygen atoms in total. The van der Waals surface area contributed by atoms with E-state index in [0.29, 0.717) is 35.2 Å². The number of hydrogen-bond acceptors (Lipinski definition) is 10. The zero-order chi connectivity index (χ0) is 30.6. The average molecular weight is 585 g/mol. The van der Waals surface area contributed by atoms with Crippen LogP contribution in [-0.4, -0.2) is 85.0 Å². The van der Waals surface area contributed by atoms with Crippen LogP contribution in [0.25, 0.3) is 5.82 Å². The molecule has 1 fully saturated rings. The van der Waals surface area contributed by atoms with E-state index < -0.39 is 0 Å². The zero-order valence-electron chi connectivity index (χ0n) is 25.4. The zero-order valence-corrected chi connectivity index (χ0v) is 25.4. The van der Waals surface area contributed by atoms with Crippen LogP contribution >= 0.6 is 0 Å². The summed E-state index contributed by atoms with van der Waals surface area (Å²) in [5, 5.41) is 22.4. The first-order valence-electron chi connectivity index (χ1n) is 14.5. The van der Waals surface area contributed by atoms with Crippen molar-refractivity contribution in [1.29, 1.82) is 0 Å². The number of piperazine rings is 1. The number of nitrogens with zero attached hydrogens (tertiary/aromatic N) is 7. The summed E-state index contributed by atoms with van der Waals surface area (Å²) < 4.78 is 1.73. The lowest BCUT2D eigenvalue weighted by Crippen LogP contribution is -2.49. The van der Waals surface area contributed by atoms with Crippen molar-refractivity contribution in [3.8, 4) is 5.82 Å². The van der Waals surface area contributed by atoms with E-state index in [4.69, 9.17) is 0 Å². The number of rotatable bonds is 9. The van der Waals surface area contributed by atoms with Gasteiger partial charge in [0.15, 0.2) is 5.82 Å². The maximum atomic E-state index is 13.2. The molecule has 4 N–H and O–H groups in total. The van der Waals surface area contributed by atoms with Crippen molar-refractivity contribution in [3.63, 3.8) is 0 Å². The fourth-order valence-corrected chi connectivity index (χ4v) is 4.83. The van der Waals surface area contributed by atoms with E-state index in [9.17, 15) is 9.90 Å². The van der Waals surface area contributed by atoms with E-state index in [1.165, 1.54) is 6.33 Å². The Bertz CT molecular complexity index is 1570. The summed E-state index contributed by atoms with van der Waals surface area (Å²) in [7, 11) is 0. The Morgan fingerprint density at radius 1 is 0.977 bits per heavy atom. The smallest absolute Gasteiger partial charge is 0.255 e. The molecule has 0 atom stereocenters. The molecule has 1 aliphatic heterocycles. The third kappa shape index (κ3) is 7.53. The molecule has 1 amide bonds. The molecule has 0 radical (unpaired) electrons. The SMILES string of the molecule is Cc1cc(Nc2cc(C(=O)Nc3ccnc(C(C)(C)C)c3)ccc2C)n(-c2cc(NN3CCN(CCO)CC3)ncn2)n1. The number of nitrogens with one attached hydrogen (secondary N) is 3. The molecule has 43 heavy (non-hydrogen) atoms. The first-order valence-corrected chi connectivity index (χ1v) is 14.5. The molecule has 1 aromatic carbocycles.